The Hall–Kier alpha value is -2.64. The summed E-state index contributed by atoms with van der Waals surface area (Å²) in [6.45, 7) is 1.56. The first-order valence-corrected chi connectivity index (χ1v) is 9.89. The fourth-order valence-electron chi connectivity index (χ4n) is 2.52. The van der Waals surface area contributed by atoms with Gasteiger partial charge in [0.1, 0.15) is 6.61 Å². The number of esters is 1. The smallest absolute Gasteiger partial charge is 0.344 e. The third-order valence-corrected chi connectivity index (χ3v) is 5.44. The highest BCUT2D eigenvalue weighted by Gasteiger charge is 2.29. The average Bonchev–Trinajstić information content (AvgIpc) is 2.62. The minimum atomic E-state index is -3.89. The van der Waals surface area contributed by atoms with Crippen molar-refractivity contribution < 1.29 is 17.9 Å². The minimum absolute atomic E-state index is 0.0233. The van der Waals surface area contributed by atoms with Crippen molar-refractivity contribution in [1.82, 2.24) is 4.31 Å². The van der Waals surface area contributed by atoms with E-state index in [0.717, 1.165) is 15.4 Å². The lowest BCUT2D eigenvalue weighted by molar-refractivity contribution is -0.139. The van der Waals surface area contributed by atoms with Crippen molar-refractivity contribution in [2.24, 2.45) is 4.40 Å². The van der Waals surface area contributed by atoms with Crippen molar-refractivity contribution in [2.45, 2.75) is 20.1 Å². The maximum absolute atomic E-state index is 12.4. The summed E-state index contributed by atoms with van der Waals surface area (Å²) in [5.41, 5.74) is 1.70. The predicted octanol–water partition coefficient (Wildman–Crippen LogP) is 3.49. The van der Waals surface area contributed by atoms with E-state index < -0.39 is 16.2 Å². The van der Waals surface area contributed by atoms with Crippen LogP contribution in [0.3, 0.4) is 0 Å². The van der Waals surface area contributed by atoms with Gasteiger partial charge in [-0.2, -0.15) is 8.42 Å². The maximum Gasteiger partial charge on any atom is 0.344 e. The Morgan fingerprint density at radius 1 is 1.11 bits per heavy atom. The van der Waals surface area contributed by atoms with Gasteiger partial charge in [0.05, 0.1) is 17.8 Å². The van der Waals surface area contributed by atoms with Gasteiger partial charge in [0.2, 0.25) is 0 Å². The number of ether oxygens (including phenoxy) is 1. The number of hydrogen-bond donors (Lipinski definition) is 0. The molecule has 0 unspecified atom stereocenters. The van der Waals surface area contributed by atoms with Crippen LogP contribution in [0.15, 0.2) is 70.8 Å². The lowest BCUT2D eigenvalue weighted by Gasteiger charge is -2.23. The number of nitrogens with zero attached hydrogens (tertiary/aromatic N) is 2. The second kappa shape index (κ2) is 7.94. The van der Waals surface area contributed by atoms with E-state index in [-0.39, 0.29) is 24.4 Å². The van der Waals surface area contributed by atoms with Crippen LogP contribution in [-0.2, 0) is 32.9 Å². The molecule has 1 heterocycles. The first-order valence-electron chi connectivity index (χ1n) is 8.11. The standard InChI is InChI=1S/C19H17ClN2O4S/c1-14-18(19(23)26-13-16-8-5-9-17(20)10-16)12-22(27(24,25)21-14)11-15-6-3-2-4-7-15/h2-10,12H,11,13H2,1H3. The zero-order chi connectivity index (χ0) is 19.4. The summed E-state index contributed by atoms with van der Waals surface area (Å²) in [4.78, 5) is 12.4. The fourth-order valence-corrected chi connectivity index (χ4v) is 3.84. The van der Waals surface area contributed by atoms with Gasteiger partial charge in [0.25, 0.3) is 0 Å². The Morgan fingerprint density at radius 2 is 1.81 bits per heavy atom. The van der Waals surface area contributed by atoms with Crippen LogP contribution in [0.4, 0.5) is 0 Å². The molecule has 0 atom stereocenters. The largest absolute Gasteiger partial charge is 0.457 e. The lowest BCUT2D eigenvalue weighted by Crippen LogP contribution is -2.31. The molecular formula is C19H17ClN2O4S. The quantitative estimate of drug-likeness (QED) is 0.715. The molecule has 8 heteroatoms. The molecule has 0 aromatic heterocycles. The monoisotopic (exact) mass is 404 g/mol. The number of rotatable bonds is 5. The van der Waals surface area contributed by atoms with Crippen LogP contribution < -0.4 is 0 Å². The predicted molar refractivity (Wildman–Crippen MR) is 103 cm³/mol. The van der Waals surface area contributed by atoms with E-state index in [9.17, 15) is 13.2 Å². The van der Waals surface area contributed by atoms with Crippen molar-refractivity contribution in [2.75, 3.05) is 0 Å². The van der Waals surface area contributed by atoms with Crippen LogP contribution in [0.2, 0.25) is 5.02 Å². The zero-order valence-corrected chi connectivity index (χ0v) is 16.1. The number of carbonyl (C=O) groups is 1. The lowest BCUT2D eigenvalue weighted by atomic mass is 10.2. The van der Waals surface area contributed by atoms with Gasteiger partial charge in [-0.15, -0.1) is 4.40 Å². The van der Waals surface area contributed by atoms with Gasteiger partial charge in [0.15, 0.2) is 0 Å². The molecule has 1 aliphatic rings. The summed E-state index contributed by atoms with van der Waals surface area (Å²) in [7, 11) is -3.89. The molecule has 0 aliphatic carbocycles. The van der Waals surface area contributed by atoms with Crippen molar-refractivity contribution in [3.8, 4) is 0 Å². The zero-order valence-electron chi connectivity index (χ0n) is 14.5. The van der Waals surface area contributed by atoms with E-state index in [1.54, 1.807) is 36.4 Å². The number of benzene rings is 2. The van der Waals surface area contributed by atoms with E-state index in [1.165, 1.54) is 13.1 Å². The van der Waals surface area contributed by atoms with Gasteiger partial charge in [-0.05, 0) is 30.2 Å². The third-order valence-electron chi connectivity index (χ3n) is 3.87. The van der Waals surface area contributed by atoms with Gasteiger partial charge in [0, 0.05) is 11.2 Å². The average molecular weight is 405 g/mol. The highest BCUT2D eigenvalue weighted by Crippen LogP contribution is 2.21. The molecule has 0 fully saturated rings. The minimum Gasteiger partial charge on any atom is -0.457 e. The van der Waals surface area contributed by atoms with E-state index in [0.29, 0.717) is 5.02 Å². The van der Waals surface area contributed by atoms with Crippen molar-refractivity contribution in [3.63, 3.8) is 0 Å². The molecule has 2 aromatic carbocycles. The van der Waals surface area contributed by atoms with Crippen LogP contribution in [0.1, 0.15) is 18.1 Å². The van der Waals surface area contributed by atoms with E-state index in [4.69, 9.17) is 16.3 Å². The summed E-state index contributed by atoms with van der Waals surface area (Å²) in [5, 5.41) is 0.540. The van der Waals surface area contributed by atoms with Crippen molar-refractivity contribution in [3.05, 3.63) is 82.5 Å². The van der Waals surface area contributed by atoms with Gasteiger partial charge in [-0.3, -0.25) is 4.31 Å². The Balaban J connectivity index is 1.78. The van der Waals surface area contributed by atoms with Crippen LogP contribution in [0.5, 0.6) is 0 Å². The van der Waals surface area contributed by atoms with E-state index in [1.807, 2.05) is 18.2 Å². The Bertz CT molecular complexity index is 1020. The summed E-state index contributed by atoms with van der Waals surface area (Å²) < 4.78 is 34.6. The molecule has 0 saturated heterocycles. The molecule has 0 amide bonds. The van der Waals surface area contributed by atoms with Crippen molar-refractivity contribution >= 4 is 33.5 Å². The van der Waals surface area contributed by atoms with Crippen LogP contribution in [-0.4, -0.2) is 24.4 Å². The topological polar surface area (TPSA) is 76.0 Å². The summed E-state index contributed by atoms with van der Waals surface area (Å²) in [5.74, 6) is -0.649. The molecule has 27 heavy (non-hydrogen) atoms. The van der Waals surface area contributed by atoms with Crippen LogP contribution in [0, 0.1) is 0 Å². The fraction of sp³-hybridized carbons (Fsp3) is 0.158. The molecule has 0 radical (unpaired) electrons. The second-order valence-electron chi connectivity index (χ2n) is 5.93. The van der Waals surface area contributed by atoms with Crippen molar-refractivity contribution in [1.29, 1.82) is 0 Å². The summed E-state index contributed by atoms with van der Waals surface area (Å²) >= 11 is 5.92. The maximum atomic E-state index is 12.4. The number of halogens is 1. The van der Waals surface area contributed by atoms with Gasteiger partial charge >= 0.3 is 16.2 Å². The number of hydrogen-bond acceptors (Lipinski definition) is 4. The molecule has 0 spiro atoms. The summed E-state index contributed by atoms with van der Waals surface area (Å²) in [6, 6.07) is 16.0. The molecular weight excluding hydrogens is 388 g/mol. The molecule has 0 bridgehead atoms. The normalized spacial score (nSPS) is 15.7. The first-order chi connectivity index (χ1) is 12.8. The Labute approximate surface area is 162 Å². The SMILES string of the molecule is CC1=NS(=O)(=O)N(Cc2ccccc2)C=C1C(=O)OCc1cccc(Cl)c1. The highest BCUT2D eigenvalue weighted by atomic mass is 35.5. The Morgan fingerprint density at radius 3 is 2.52 bits per heavy atom. The van der Waals surface area contributed by atoms with Gasteiger partial charge < -0.3 is 4.74 Å². The molecule has 140 valence electrons. The third kappa shape index (κ3) is 4.75. The summed E-state index contributed by atoms with van der Waals surface area (Å²) in [6.07, 6.45) is 1.27. The van der Waals surface area contributed by atoms with Crippen LogP contribution >= 0.6 is 11.6 Å². The first kappa shape index (κ1) is 19.1. The highest BCUT2D eigenvalue weighted by molar-refractivity contribution is 7.88. The number of carbonyl (C=O) groups excluding carboxylic acids is 1. The Kier molecular flexibility index (Phi) is 5.62. The van der Waals surface area contributed by atoms with Gasteiger partial charge in [-0.25, -0.2) is 4.79 Å². The van der Waals surface area contributed by atoms with E-state index >= 15 is 0 Å². The second-order valence-corrected chi connectivity index (χ2v) is 7.92. The molecule has 2 aromatic rings. The van der Waals surface area contributed by atoms with E-state index in [2.05, 4.69) is 4.40 Å². The molecule has 0 saturated carbocycles. The molecule has 6 nitrogen and oxygen atoms in total. The molecule has 3 rings (SSSR count). The molecule has 1 aliphatic heterocycles. The van der Waals surface area contributed by atoms with Gasteiger partial charge in [-0.1, -0.05) is 54.1 Å². The molecule has 0 N–H and O–H groups in total. The van der Waals surface area contributed by atoms with Crippen LogP contribution in [0.25, 0.3) is 0 Å².